The normalized spacial score (nSPS) is 48.5. The molecule has 2 bridgehead atoms. The van der Waals surface area contributed by atoms with E-state index in [1.807, 2.05) is 0 Å². The van der Waals surface area contributed by atoms with Gasteiger partial charge in [-0.2, -0.15) is 0 Å². The van der Waals surface area contributed by atoms with Gasteiger partial charge in [0.05, 0.1) is 12.2 Å². The molecule has 3 aliphatic carbocycles. The summed E-state index contributed by atoms with van der Waals surface area (Å²) in [6, 6.07) is 0. The van der Waals surface area contributed by atoms with Crippen molar-refractivity contribution in [3.05, 3.63) is 36.0 Å². The van der Waals surface area contributed by atoms with Crippen LogP contribution in [0, 0.1) is 23.2 Å². The monoisotopic (exact) mass is 302 g/mol. The number of aliphatic hydroxyl groups excluding tert-OH is 2. The van der Waals surface area contributed by atoms with Gasteiger partial charge in [0, 0.05) is 5.41 Å². The highest BCUT2D eigenvalue weighted by Crippen LogP contribution is 2.58. The molecule has 0 saturated heterocycles. The molecular formula is C20H30O2. The molecule has 0 radical (unpaired) electrons. The maximum Gasteiger partial charge on any atom is 0.0892 e. The maximum absolute atomic E-state index is 10.8. The summed E-state index contributed by atoms with van der Waals surface area (Å²) in [7, 11) is 0. The number of allylic oxidation sites excluding steroid dienone is 3. The molecule has 122 valence electrons. The molecule has 0 aliphatic heterocycles. The van der Waals surface area contributed by atoms with E-state index in [0.717, 1.165) is 44.1 Å². The highest BCUT2D eigenvalue weighted by molar-refractivity contribution is 5.29. The fourth-order valence-corrected chi connectivity index (χ4v) is 5.11. The quantitative estimate of drug-likeness (QED) is 0.664. The van der Waals surface area contributed by atoms with E-state index >= 15 is 0 Å². The molecule has 3 rings (SSSR count). The summed E-state index contributed by atoms with van der Waals surface area (Å²) in [5.74, 6) is 0.896. The Kier molecular flexibility index (Phi) is 4.11. The minimum atomic E-state index is -0.693. The summed E-state index contributed by atoms with van der Waals surface area (Å²) < 4.78 is 0. The van der Waals surface area contributed by atoms with Crippen LogP contribution in [0.3, 0.4) is 0 Å². The van der Waals surface area contributed by atoms with Crippen molar-refractivity contribution in [2.75, 3.05) is 0 Å². The van der Waals surface area contributed by atoms with E-state index < -0.39 is 12.2 Å². The Morgan fingerprint density at radius 2 is 1.91 bits per heavy atom. The van der Waals surface area contributed by atoms with E-state index in [4.69, 9.17) is 0 Å². The van der Waals surface area contributed by atoms with Crippen LogP contribution in [-0.2, 0) is 0 Å². The fraction of sp³-hybridized carbons (Fsp3) is 0.700. The molecule has 0 amide bonds. The van der Waals surface area contributed by atoms with Gasteiger partial charge in [-0.3, -0.25) is 0 Å². The standard InChI is InChI=1S/C20H30O2/c1-12-6-5-7-13(2)15-8-9-16-17(15)14(3)20(4,11-10-12)19(22)18(16)21/h6,15-19,21-22H,2-3,5,7-11H2,1,4H3/b12-6+/t15-,16+,17-,18-,19-,20+/m1/s1. The molecule has 0 unspecified atom stereocenters. The zero-order valence-electron chi connectivity index (χ0n) is 14.0. The van der Waals surface area contributed by atoms with Crippen LogP contribution in [0.1, 0.15) is 52.4 Å². The fourth-order valence-electron chi connectivity index (χ4n) is 5.11. The minimum absolute atomic E-state index is 0.159. The molecule has 2 saturated carbocycles. The van der Waals surface area contributed by atoms with Crippen LogP contribution in [0.15, 0.2) is 36.0 Å². The maximum atomic E-state index is 10.8. The second-order valence-electron chi connectivity index (χ2n) is 8.00. The molecule has 2 N–H and O–H groups in total. The van der Waals surface area contributed by atoms with Gasteiger partial charge in [-0.25, -0.2) is 0 Å². The van der Waals surface area contributed by atoms with E-state index in [1.54, 1.807) is 0 Å². The Bertz CT molecular complexity index is 518. The molecule has 0 aromatic heterocycles. The van der Waals surface area contributed by atoms with Crippen molar-refractivity contribution in [2.45, 2.75) is 64.6 Å². The molecule has 0 spiro atoms. The Balaban J connectivity index is 2.03. The van der Waals surface area contributed by atoms with Crippen molar-refractivity contribution in [1.29, 1.82) is 0 Å². The second-order valence-corrected chi connectivity index (χ2v) is 8.00. The lowest BCUT2D eigenvalue weighted by molar-refractivity contribution is -0.106. The lowest BCUT2D eigenvalue weighted by Gasteiger charge is -2.50. The first-order valence-corrected chi connectivity index (χ1v) is 8.75. The summed E-state index contributed by atoms with van der Waals surface area (Å²) in [5.41, 5.74) is 3.46. The highest BCUT2D eigenvalue weighted by Gasteiger charge is 2.56. The topological polar surface area (TPSA) is 40.5 Å². The van der Waals surface area contributed by atoms with Gasteiger partial charge in [0.15, 0.2) is 0 Å². The summed E-state index contributed by atoms with van der Waals surface area (Å²) in [6.07, 6.45) is 7.00. The van der Waals surface area contributed by atoms with Crippen molar-refractivity contribution in [1.82, 2.24) is 0 Å². The third-order valence-electron chi connectivity index (χ3n) is 6.78. The van der Waals surface area contributed by atoms with Gasteiger partial charge in [0.1, 0.15) is 0 Å². The first kappa shape index (κ1) is 16.0. The first-order valence-electron chi connectivity index (χ1n) is 8.75. The Morgan fingerprint density at radius 3 is 2.64 bits per heavy atom. The van der Waals surface area contributed by atoms with E-state index in [-0.39, 0.29) is 11.3 Å². The Labute approximate surface area is 134 Å². The zero-order chi connectivity index (χ0) is 16.1. The van der Waals surface area contributed by atoms with Gasteiger partial charge in [-0.05, 0) is 63.2 Å². The average molecular weight is 302 g/mol. The third-order valence-corrected chi connectivity index (χ3v) is 6.78. The average Bonchev–Trinajstić information content (AvgIpc) is 2.93. The van der Waals surface area contributed by atoms with Crippen molar-refractivity contribution < 1.29 is 10.2 Å². The molecule has 2 heteroatoms. The van der Waals surface area contributed by atoms with Crippen molar-refractivity contribution >= 4 is 0 Å². The Hall–Kier alpha value is -0.860. The van der Waals surface area contributed by atoms with E-state index in [9.17, 15) is 10.2 Å². The van der Waals surface area contributed by atoms with Crippen LogP contribution >= 0.6 is 0 Å². The van der Waals surface area contributed by atoms with Gasteiger partial charge >= 0.3 is 0 Å². The smallest absolute Gasteiger partial charge is 0.0892 e. The van der Waals surface area contributed by atoms with Crippen LogP contribution in [-0.4, -0.2) is 22.4 Å². The summed E-state index contributed by atoms with van der Waals surface area (Å²) >= 11 is 0. The molecule has 0 aromatic carbocycles. The number of hydrogen-bond donors (Lipinski definition) is 2. The van der Waals surface area contributed by atoms with Crippen molar-refractivity contribution in [2.24, 2.45) is 23.2 Å². The third kappa shape index (κ3) is 2.32. The number of rotatable bonds is 0. The molecular weight excluding hydrogens is 272 g/mol. The number of aliphatic hydroxyl groups is 2. The molecule has 2 nitrogen and oxygen atoms in total. The lowest BCUT2D eigenvalue weighted by Crippen LogP contribution is -2.54. The molecule has 2 fully saturated rings. The molecule has 3 aliphatic rings. The van der Waals surface area contributed by atoms with Gasteiger partial charge in [0.2, 0.25) is 0 Å². The van der Waals surface area contributed by atoms with Gasteiger partial charge in [0.25, 0.3) is 0 Å². The molecule has 0 aromatic rings. The second kappa shape index (κ2) is 5.65. The minimum Gasteiger partial charge on any atom is -0.390 e. The summed E-state index contributed by atoms with van der Waals surface area (Å²) in [6.45, 7) is 13.1. The molecule has 0 heterocycles. The van der Waals surface area contributed by atoms with E-state index in [1.165, 1.54) is 11.1 Å². The molecule has 6 atom stereocenters. The Morgan fingerprint density at radius 1 is 1.18 bits per heavy atom. The van der Waals surface area contributed by atoms with Crippen LogP contribution in [0.2, 0.25) is 0 Å². The lowest BCUT2D eigenvalue weighted by atomic mass is 9.57. The zero-order valence-corrected chi connectivity index (χ0v) is 14.0. The SMILES string of the molecule is C=C1CC/C=C(\C)CC[C@@]2(C)C(=C)[C@H]3[C@H](CC[C@H]13)[C@@H](O)[C@H]2O. The van der Waals surface area contributed by atoms with Crippen LogP contribution < -0.4 is 0 Å². The predicted molar refractivity (Wildman–Crippen MR) is 90.3 cm³/mol. The van der Waals surface area contributed by atoms with Crippen LogP contribution in [0.5, 0.6) is 0 Å². The number of hydrogen-bond acceptors (Lipinski definition) is 2. The van der Waals surface area contributed by atoms with Crippen LogP contribution in [0.25, 0.3) is 0 Å². The van der Waals surface area contributed by atoms with Crippen molar-refractivity contribution in [3.8, 4) is 0 Å². The van der Waals surface area contributed by atoms with Crippen molar-refractivity contribution in [3.63, 3.8) is 0 Å². The largest absolute Gasteiger partial charge is 0.390 e. The number of fused-ring (bicyclic) bond motifs is 1. The highest BCUT2D eigenvalue weighted by atomic mass is 16.3. The van der Waals surface area contributed by atoms with Gasteiger partial charge < -0.3 is 10.2 Å². The first-order chi connectivity index (χ1) is 10.4. The van der Waals surface area contributed by atoms with E-state index in [2.05, 4.69) is 33.1 Å². The predicted octanol–water partition coefficient (Wildman–Crippen LogP) is 4.00. The summed E-state index contributed by atoms with van der Waals surface area (Å²) in [5, 5.41) is 21.5. The van der Waals surface area contributed by atoms with E-state index in [0.29, 0.717) is 11.8 Å². The van der Waals surface area contributed by atoms with Crippen LogP contribution in [0.4, 0.5) is 0 Å². The summed E-state index contributed by atoms with van der Waals surface area (Å²) in [4.78, 5) is 0. The van der Waals surface area contributed by atoms with Gasteiger partial charge in [-0.15, -0.1) is 0 Å². The molecule has 22 heavy (non-hydrogen) atoms. The van der Waals surface area contributed by atoms with Gasteiger partial charge in [-0.1, -0.05) is 42.9 Å².